The van der Waals surface area contributed by atoms with Crippen LogP contribution in [-0.2, 0) is 14.6 Å². The molecule has 0 bridgehead atoms. The Labute approximate surface area is 142 Å². The molecule has 0 aliphatic rings. The van der Waals surface area contributed by atoms with E-state index >= 15 is 0 Å². The van der Waals surface area contributed by atoms with E-state index in [4.69, 9.17) is 11.6 Å². The van der Waals surface area contributed by atoms with Crippen molar-refractivity contribution < 1.29 is 26.7 Å². The summed E-state index contributed by atoms with van der Waals surface area (Å²) in [4.78, 5) is 11.9. The summed E-state index contributed by atoms with van der Waals surface area (Å²) < 4.78 is 52.8. The molecule has 0 heterocycles. The molecule has 0 fully saturated rings. The number of carbonyl (C=O) groups is 1. The minimum atomic E-state index is -3.85. The smallest absolute Gasteiger partial charge is 0.387 e. The largest absolute Gasteiger partial charge is 0.435 e. The van der Waals surface area contributed by atoms with Crippen LogP contribution < -0.4 is 10.1 Å². The summed E-state index contributed by atoms with van der Waals surface area (Å²) in [6.07, 6.45) is 0. The Bertz CT molecular complexity index is 826. The Morgan fingerprint density at radius 3 is 2.46 bits per heavy atom. The Morgan fingerprint density at radius 2 is 1.83 bits per heavy atom. The summed E-state index contributed by atoms with van der Waals surface area (Å²) >= 11 is 5.69. The fourth-order valence-corrected chi connectivity index (χ4v) is 3.11. The number of amides is 1. The highest BCUT2D eigenvalue weighted by Gasteiger charge is 2.19. The number of nitrogens with one attached hydrogen (secondary N) is 1. The molecule has 0 saturated carbocycles. The van der Waals surface area contributed by atoms with Crippen molar-refractivity contribution in [1.29, 1.82) is 0 Å². The Kier molecular flexibility index (Phi) is 5.74. The highest BCUT2D eigenvalue weighted by atomic mass is 35.5. The molecular formula is C15H12ClF2NO4S. The second-order valence-electron chi connectivity index (χ2n) is 4.67. The van der Waals surface area contributed by atoms with E-state index in [-0.39, 0.29) is 16.3 Å². The van der Waals surface area contributed by atoms with Crippen molar-refractivity contribution in [1.82, 2.24) is 0 Å². The molecule has 0 aliphatic carbocycles. The maximum atomic E-state index is 12.2. The number of halogens is 3. The Hall–Kier alpha value is -2.19. The number of benzene rings is 2. The van der Waals surface area contributed by atoms with Gasteiger partial charge in [0, 0.05) is 16.8 Å². The molecule has 5 nitrogen and oxygen atoms in total. The zero-order chi connectivity index (χ0) is 17.7. The quantitative estimate of drug-likeness (QED) is 0.840. The molecule has 2 aromatic rings. The van der Waals surface area contributed by atoms with Gasteiger partial charge in [0.05, 0.1) is 4.90 Å². The average molecular weight is 376 g/mol. The van der Waals surface area contributed by atoms with Crippen molar-refractivity contribution in [2.24, 2.45) is 0 Å². The molecule has 1 amide bonds. The molecule has 2 rings (SSSR count). The molecule has 0 radical (unpaired) electrons. The van der Waals surface area contributed by atoms with Gasteiger partial charge in [-0.15, -0.1) is 0 Å². The van der Waals surface area contributed by atoms with E-state index in [1.165, 1.54) is 48.5 Å². The highest BCUT2D eigenvalue weighted by molar-refractivity contribution is 7.92. The van der Waals surface area contributed by atoms with Gasteiger partial charge in [-0.1, -0.05) is 17.7 Å². The molecule has 0 unspecified atom stereocenters. The first-order valence-electron chi connectivity index (χ1n) is 6.59. The van der Waals surface area contributed by atoms with E-state index in [1.807, 2.05) is 0 Å². The molecule has 0 atom stereocenters. The van der Waals surface area contributed by atoms with Gasteiger partial charge in [0.15, 0.2) is 9.84 Å². The molecule has 0 spiro atoms. The lowest BCUT2D eigenvalue weighted by atomic mass is 10.3. The second kappa shape index (κ2) is 7.59. The number of sulfone groups is 1. The van der Waals surface area contributed by atoms with Crippen molar-refractivity contribution in [3.8, 4) is 5.75 Å². The monoisotopic (exact) mass is 375 g/mol. The van der Waals surface area contributed by atoms with Crippen LogP contribution in [-0.4, -0.2) is 26.7 Å². The normalized spacial score (nSPS) is 11.3. The van der Waals surface area contributed by atoms with Gasteiger partial charge in [-0.2, -0.15) is 8.78 Å². The van der Waals surface area contributed by atoms with Gasteiger partial charge in [-0.05, 0) is 36.4 Å². The van der Waals surface area contributed by atoms with E-state index in [9.17, 15) is 22.0 Å². The summed E-state index contributed by atoms with van der Waals surface area (Å²) in [5.74, 6) is -1.75. The van der Waals surface area contributed by atoms with E-state index < -0.39 is 28.1 Å². The van der Waals surface area contributed by atoms with Crippen LogP contribution in [0.2, 0.25) is 5.02 Å². The first kappa shape index (κ1) is 18.2. The fraction of sp³-hybridized carbons (Fsp3) is 0.133. The van der Waals surface area contributed by atoms with Gasteiger partial charge in [0.2, 0.25) is 5.91 Å². The maximum absolute atomic E-state index is 12.2. The molecule has 0 aromatic heterocycles. The average Bonchev–Trinajstić information content (AvgIpc) is 2.46. The lowest BCUT2D eigenvalue weighted by Gasteiger charge is -2.09. The zero-order valence-electron chi connectivity index (χ0n) is 12.1. The van der Waals surface area contributed by atoms with Gasteiger partial charge in [0.1, 0.15) is 11.5 Å². The van der Waals surface area contributed by atoms with Gasteiger partial charge < -0.3 is 10.1 Å². The van der Waals surface area contributed by atoms with Crippen molar-refractivity contribution in [2.75, 3.05) is 11.1 Å². The molecule has 128 valence electrons. The maximum Gasteiger partial charge on any atom is 0.387 e. The van der Waals surface area contributed by atoms with E-state index in [0.717, 1.165) is 0 Å². The fourth-order valence-electron chi connectivity index (χ4n) is 1.84. The van der Waals surface area contributed by atoms with Crippen LogP contribution in [0.1, 0.15) is 0 Å². The first-order chi connectivity index (χ1) is 11.3. The van der Waals surface area contributed by atoms with Crippen LogP contribution in [0.15, 0.2) is 53.4 Å². The third-order valence-electron chi connectivity index (χ3n) is 2.84. The third-order valence-corrected chi connectivity index (χ3v) is 4.72. The first-order valence-corrected chi connectivity index (χ1v) is 8.62. The molecule has 0 saturated heterocycles. The number of ether oxygens (including phenoxy) is 1. The summed E-state index contributed by atoms with van der Waals surface area (Å²) in [5.41, 5.74) is 0.143. The molecule has 2 aromatic carbocycles. The van der Waals surface area contributed by atoms with Crippen LogP contribution in [0.3, 0.4) is 0 Å². The summed E-state index contributed by atoms with van der Waals surface area (Å²) in [5, 5.41) is 2.69. The SMILES string of the molecule is O=C(CS(=O)(=O)c1ccc(Cl)cc1)Nc1cccc(OC(F)F)c1. The van der Waals surface area contributed by atoms with Crippen molar-refractivity contribution >= 4 is 33.0 Å². The number of alkyl halides is 2. The lowest BCUT2D eigenvalue weighted by molar-refractivity contribution is -0.113. The summed E-state index contributed by atoms with van der Waals surface area (Å²) in [6.45, 7) is -3.00. The molecule has 1 N–H and O–H groups in total. The van der Waals surface area contributed by atoms with Gasteiger partial charge >= 0.3 is 6.61 Å². The zero-order valence-corrected chi connectivity index (χ0v) is 13.7. The van der Waals surface area contributed by atoms with Crippen LogP contribution in [0.4, 0.5) is 14.5 Å². The molecule has 0 aliphatic heterocycles. The minimum Gasteiger partial charge on any atom is -0.435 e. The van der Waals surface area contributed by atoms with Crippen molar-refractivity contribution in [3.05, 3.63) is 53.6 Å². The minimum absolute atomic E-state index is 0.0446. The third kappa shape index (κ3) is 5.17. The predicted octanol–water partition coefficient (Wildman–Crippen LogP) is 3.35. The molecule has 9 heteroatoms. The van der Waals surface area contributed by atoms with E-state index in [2.05, 4.69) is 10.1 Å². The topological polar surface area (TPSA) is 72.5 Å². The molecular weight excluding hydrogens is 364 g/mol. The van der Waals surface area contributed by atoms with Crippen LogP contribution in [0, 0.1) is 0 Å². The summed E-state index contributed by atoms with van der Waals surface area (Å²) in [6, 6.07) is 10.6. The van der Waals surface area contributed by atoms with Crippen molar-refractivity contribution in [3.63, 3.8) is 0 Å². The number of hydrogen-bond donors (Lipinski definition) is 1. The van der Waals surface area contributed by atoms with Crippen LogP contribution >= 0.6 is 11.6 Å². The van der Waals surface area contributed by atoms with Gasteiger partial charge in [-0.25, -0.2) is 8.42 Å². The second-order valence-corrected chi connectivity index (χ2v) is 7.09. The van der Waals surface area contributed by atoms with Gasteiger partial charge in [-0.3, -0.25) is 4.79 Å². The Balaban J connectivity index is 2.06. The van der Waals surface area contributed by atoms with Gasteiger partial charge in [0.25, 0.3) is 0 Å². The highest BCUT2D eigenvalue weighted by Crippen LogP contribution is 2.20. The van der Waals surface area contributed by atoms with Crippen molar-refractivity contribution in [2.45, 2.75) is 11.5 Å². The number of anilines is 1. The van der Waals surface area contributed by atoms with Crippen LogP contribution in [0.5, 0.6) is 5.75 Å². The lowest BCUT2D eigenvalue weighted by Crippen LogP contribution is -2.23. The standard InChI is InChI=1S/C15H12ClF2NO4S/c16-10-4-6-13(7-5-10)24(21,22)9-14(20)19-11-2-1-3-12(8-11)23-15(17)18/h1-8,15H,9H2,(H,19,20). The predicted molar refractivity (Wildman–Crippen MR) is 85.2 cm³/mol. The number of hydrogen-bond acceptors (Lipinski definition) is 4. The summed E-state index contributed by atoms with van der Waals surface area (Å²) in [7, 11) is -3.85. The molecule has 24 heavy (non-hydrogen) atoms. The Morgan fingerprint density at radius 1 is 1.17 bits per heavy atom. The van der Waals surface area contributed by atoms with Crippen LogP contribution in [0.25, 0.3) is 0 Å². The van der Waals surface area contributed by atoms with E-state index in [0.29, 0.717) is 5.02 Å². The number of carbonyl (C=O) groups excluding carboxylic acids is 1. The van der Waals surface area contributed by atoms with E-state index in [1.54, 1.807) is 0 Å². The number of rotatable bonds is 6.